The molecule has 0 saturated carbocycles. The summed E-state index contributed by atoms with van der Waals surface area (Å²) in [7, 11) is 0. The van der Waals surface area contributed by atoms with Gasteiger partial charge in [-0.2, -0.15) is 0 Å². The molecule has 1 aromatic heterocycles. The number of halogens is 2. The zero-order valence-electron chi connectivity index (χ0n) is 25.9. The predicted molar refractivity (Wildman–Crippen MR) is 178 cm³/mol. The predicted octanol–water partition coefficient (Wildman–Crippen LogP) is 8.22. The van der Waals surface area contributed by atoms with E-state index in [9.17, 15) is 9.59 Å². The maximum absolute atomic E-state index is 13.8. The van der Waals surface area contributed by atoms with Crippen molar-refractivity contribution in [3.63, 3.8) is 0 Å². The topological polar surface area (TPSA) is 74.9 Å². The maximum atomic E-state index is 13.8. The van der Waals surface area contributed by atoms with E-state index in [1.807, 2.05) is 80.3 Å². The Kier molecular flexibility index (Phi) is 9.03. The normalized spacial score (nSPS) is 17.3. The first-order chi connectivity index (χ1) is 21.5. The molecule has 7 nitrogen and oxygen atoms in total. The molecular weight excluding hydrogens is 609 g/mol. The molecule has 2 aliphatic rings. The number of nitrogens with one attached hydrogen (secondary N) is 1. The highest BCUT2D eigenvalue weighted by atomic mass is 35.5. The van der Waals surface area contributed by atoms with E-state index in [-0.39, 0.29) is 18.0 Å². The molecule has 1 saturated heterocycles. The van der Waals surface area contributed by atoms with Crippen molar-refractivity contribution in [2.75, 3.05) is 26.2 Å². The minimum atomic E-state index is -0.495. The number of fused-ring (bicyclic) bond motifs is 3. The fraction of sp³-hybridized carbons (Fsp3) is 0.389. The van der Waals surface area contributed by atoms with Gasteiger partial charge in [0.1, 0.15) is 11.4 Å². The van der Waals surface area contributed by atoms with Crippen molar-refractivity contribution in [1.29, 1.82) is 0 Å². The number of hydrogen-bond acceptors (Lipinski definition) is 4. The average molecular weight is 649 g/mol. The monoisotopic (exact) mass is 647 g/mol. The van der Waals surface area contributed by atoms with Gasteiger partial charge in [-0.05, 0) is 105 Å². The second-order valence-electron chi connectivity index (χ2n) is 13.0. The van der Waals surface area contributed by atoms with Gasteiger partial charge in [0.25, 0.3) is 0 Å². The van der Waals surface area contributed by atoms with Crippen LogP contribution in [0.25, 0.3) is 10.9 Å². The fourth-order valence-electron chi connectivity index (χ4n) is 6.32. The molecule has 1 N–H and O–H groups in total. The molecule has 0 radical (unpaired) electrons. The van der Waals surface area contributed by atoms with E-state index in [4.69, 9.17) is 32.7 Å². The van der Waals surface area contributed by atoms with E-state index >= 15 is 0 Å². The quantitative estimate of drug-likeness (QED) is 0.229. The summed E-state index contributed by atoms with van der Waals surface area (Å²) < 4.78 is 11.7. The molecule has 1 fully saturated rings. The van der Waals surface area contributed by atoms with Gasteiger partial charge in [-0.1, -0.05) is 47.5 Å². The third-order valence-electron chi connectivity index (χ3n) is 8.63. The average Bonchev–Trinajstić information content (AvgIpc) is 3.38. The Morgan fingerprint density at radius 1 is 0.911 bits per heavy atom. The first-order valence-corrected chi connectivity index (χ1v) is 16.3. The lowest BCUT2D eigenvalue weighted by Gasteiger charge is -2.36. The van der Waals surface area contributed by atoms with Crippen LogP contribution < -0.4 is 4.74 Å². The van der Waals surface area contributed by atoms with Crippen LogP contribution in [-0.2, 0) is 22.4 Å². The summed E-state index contributed by atoms with van der Waals surface area (Å²) in [5, 5.41) is 2.45. The van der Waals surface area contributed by atoms with E-state index < -0.39 is 5.60 Å². The number of aromatic amines is 1. The molecule has 1 atom stereocenters. The number of nitrogens with zero attached hydrogens (tertiary/aromatic N) is 2. The molecule has 0 bridgehead atoms. The molecule has 0 spiro atoms. The summed E-state index contributed by atoms with van der Waals surface area (Å²) in [5.41, 5.74) is 4.68. The fourth-order valence-corrected chi connectivity index (χ4v) is 6.62. The number of H-pyrrole nitrogens is 1. The van der Waals surface area contributed by atoms with Crippen LogP contribution in [0.3, 0.4) is 0 Å². The number of carbonyl (C=O) groups is 2. The molecule has 9 heteroatoms. The number of likely N-dealkylation sites (tertiary alicyclic amines) is 1. The van der Waals surface area contributed by atoms with Crippen LogP contribution in [0, 0.1) is 5.92 Å². The first kappa shape index (κ1) is 31.3. The SMILES string of the molecule is CC(C)(C)OC(=O)N1CCC(COc2ccc(C3c4[nH]c5ccc(Cl)cc5c4CCN3C(=O)Cc3ccc(Cl)cc3)cc2)CC1. The number of rotatable bonds is 6. The van der Waals surface area contributed by atoms with Crippen LogP contribution in [-0.4, -0.2) is 58.6 Å². The lowest BCUT2D eigenvalue weighted by molar-refractivity contribution is -0.132. The van der Waals surface area contributed by atoms with Crippen molar-refractivity contribution < 1.29 is 19.1 Å². The standard InChI is InChI=1S/C36H39Cl2N3O4/c1-36(2,3)45-35(43)40-17-14-24(15-18-40)22-44-28-11-6-25(7-12-28)34-33-29(30-21-27(38)10-13-31(30)39-33)16-19-41(34)32(42)20-23-4-8-26(37)9-5-23/h4-13,21,24,34,39H,14-20,22H2,1-3H3. The molecule has 4 aromatic rings. The number of benzene rings is 3. The lowest BCUT2D eigenvalue weighted by atomic mass is 9.91. The van der Waals surface area contributed by atoms with E-state index in [1.165, 1.54) is 5.56 Å². The molecule has 0 aliphatic carbocycles. The van der Waals surface area contributed by atoms with Gasteiger partial charge in [-0.15, -0.1) is 0 Å². The van der Waals surface area contributed by atoms with Crippen LogP contribution in [0.1, 0.15) is 62.0 Å². The molecule has 2 amide bonds. The Bertz CT molecular complexity index is 1670. The molecule has 1 unspecified atom stereocenters. The van der Waals surface area contributed by atoms with Crippen LogP contribution in [0.15, 0.2) is 66.7 Å². The highest BCUT2D eigenvalue weighted by Gasteiger charge is 2.35. The maximum Gasteiger partial charge on any atom is 0.410 e. The zero-order chi connectivity index (χ0) is 31.7. The highest BCUT2D eigenvalue weighted by Crippen LogP contribution is 2.40. The van der Waals surface area contributed by atoms with Gasteiger partial charge in [-0.25, -0.2) is 4.79 Å². The third-order valence-corrected chi connectivity index (χ3v) is 9.11. The number of amides is 2. The summed E-state index contributed by atoms with van der Waals surface area (Å²) in [6, 6.07) is 21.2. The number of carbonyl (C=O) groups excluding carboxylic acids is 2. The van der Waals surface area contributed by atoms with Crippen molar-refractivity contribution in [2.24, 2.45) is 5.92 Å². The van der Waals surface area contributed by atoms with Gasteiger partial charge in [-0.3, -0.25) is 4.79 Å². The van der Waals surface area contributed by atoms with E-state index in [0.29, 0.717) is 48.6 Å². The molecule has 6 rings (SSSR count). The number of hydrogen-bond donors (Lipinski definition) is 1. The van der Waals surface area contributed by atoms with Gasteiger partial charge in [0.2, 0.25) is 5.91 Å². The third kappa shape index (κ3) is 7.26. The molecule has 3 aromatic carbocycles. The Labute approximate surface area is 274 Å². The summed E-state index contributed by atoms with van der Waals surface area (Å²) in [6.07, 6.45) is 2.53. The zero-order valence-corrected chi connectivity index (χ0v) is 27.5. The Morgan fingerprint density at radius 3 is 2.29 bits per heavy atom. The summed E-state index contributed by atoms with van der Waals surface area (Å²) in [6.45, 7) is 8.18. The minimum absolute atomic E-state index is 0.0581. The summed E-state index contributed by atoms with van der Waals surface area (Å²) in [4.78, 5) is 33.6. The largest absolute Gasteiger partial charge is 0.493 e. The van der Waals surface area contributed by atoms with Gasteiger partial charge in [0.15, 0.2) is 0 Å². The Hall–Kier alpha value is -3.68. The number of aromatic nitrogens is 1. The van der Waals surface area contributed by atoms with Crippen molar-refractivity contribution in [2.45, 2.75) is 58.1 Å². The van der Waals surface area contributed by atoms with Crippen LogP contribution in [0.5, 0.6) is 5.75 Å². The Morgan fingerprint density at radius 2 is 1.60 bits per heavy atom. The van der Waals surface area contributed by atoms with Gasteiger partial charge in [0, 0.05) is 46.3 Å². The van der Waals surface area contributed by atoms with E-state index in [0.717, 1.165) is 52.7 Å². The molecule has 2 aliphatic heterocycles. The Balaban J connectivity index is 1.17. The summed E-state index contributed by atoms with van der Waals surface area (Å²) >= 11 is 12.5. The molecule has 3 heterocycles. The van der Waals surface area contributed by atoms with Gasteiger partial charge >= 0.3 is 6.09 Å². The first-order valence-electron chi connectivity index (χ1n) is 15.6. The van der Waals surface area contributed by atoms with Crippen molar-refractivity contribution in [3.05, 3.63) is 99.2 Å². The van der Waals surface area contributed by atoms with Crippen molar-refractivity contribution >= 4 is 46.1 Å². The van der Waals surface area contributed by atoms with Crippen LogP contribution in [0.2, 0.25) is 10.0 Å². The van der Waals surface area contributed by atoms with Crippen molar-refractivity contribution in [1.82, 2.24) is 14.8 Å². The smallest absolute Gasteiger partial charge is 0.410 e. The molecular formula is C36H39Cl2N3O4. The number of ether oxygens (including phenoxy) is 2. The van der Waals surface area contributed by atoms with Gasteiger partial charge in [0.05, 0.1) is 19.1 Å². The second kappa shape index (κ2) is 13.0. The van der Waals surface area contributed by atoms with Crippen LogP contribution >= 0.6 is 23.2 Å². The number of piperidine rings is 1. The highest BCUT2D eigenvalue weighted by molar-refractivity contribution is 6.31. The van der Waals surface area contributed by atoms with E-state index in [2.05, 4.69) is 17.1 Å². The van der Waals surface area contributed by atoms with Gasteiger partial charge < -0.3 is 24.3 Å². The molecule has 45 heavy (non-hydrogen) atoms. The van der Waals surface area contributed by atoms with Crippen molar-refractivity contribution in [3.8, 4) is 5.75 Å². The summed E-state index contributed by atoms with van der Waals surface area (Å²) in [5.74, 6) is 1.21. The van der Waals surface area contributed by atoms with Crippen LogP contribution in [0.4, 0.5) is 4.79 Å². The minimum Gasteiger partial charge on any atom is -0.493 e. The lowest BCUT2D eigenvalue weighted by Crippen LogP contribution is -2.42. The molecule has 236 valence electrons. The van der Waals surface area contributed by atoms with E-state index in [1.54, 1.807) is 4.90 Å². The second-order valence-corrected chi connectivity index (χ2v) is 13.9.